The molecule has 0 spiro atoms. The first-order chi connectivity index (χ1) is 9.49. The number of amides is 1. The highest BCUT2D eigenvalue weighted by molar-refractivity contribution is 5.81. The van der Waals surface area contributed by atoms with Gasteiger partial charge in [-0.2, -0.15) is 0 Å². The van der Waals surface area contributed by atoms with E-state index in [0.717, 1.165) is 38.1 Å². The molecular weight excluding hydrogens is 262 g/mol. The highest BCUT2D eigenvalue weighted by Crippen LogP contribution is 2.19. The van der Waals surface area contributed by atoms with Crippen LogP contribution in [0.25, 0.3) is 0 Å². The van der Waals surface area contributed by atoms with Crippen molar-refractivity contribution in [2.24, 2.45) is 0 Å². The van der Waals surface area contributed by atoms with E-state index < -0.39 is 23.7 Å². The lowest BCUT2D eigenvalue weighted by Crippen LogP contribution is -2.44. The second kappa shape index (κ2) is 6.31. The largest absolute Gasteiger partial charge is 0.341 e. The molecule has 1 aromatic carbocycles. The molecule has 1 heterocycles. The molecule has 0 aromatic heterocycles. The Morgan fingerprint density at radius 1 is 1.25 bits per heavy atom. The summed E-state index contributed by atoms with van der Waals surface area (Å²) in [4.78, 5) is 14.0. The van der Waals surface area contributed by atoms with Crippen LogP contribution in [0.3, 0.4) is 0 Å². The van der Waals surface area contributed by atoms with E-state index in [-0.39, 0.29) is 11.5 Å². The minimum atomic E-state index is -0.478. The van der Waals surface area contributed by atoms with Gasteiger partial charge < -0.3 is 4.90 Å². The van der Waals surface area contributed by atoms with Crippen LogP contribution in [-0.2, 0) is 4.79 Å². The smallest absolute Gasteiger partial charge is 0.239 e. The third-order valence-corrected chi connectivity index (χ3v) is 3.71. The number of nitrogens with one attached hydrogen (secondary N) is 1. The summed E-state index contributed by atoms with van der Waals surface area (Å²) in [6.07, 6.45) is 2.07. The van der Waals surface area contributed by atoms with Crippen LogP contribution in [0.4, 0.5) is 8.78 Å². The fourth-order valence-electron chi connectivity index (χ4n) is 2.59. The number of nitrogens with zero attached hydrogens (tertiary/aromatic N) is 1. The predicted octanol–water partition coefficient (Wildman–Crippen LogP) is 2.63. The molecule has 1 aliphatic rings. The van der Waals surface area contributed by atoms with E-state index in [1.807, 2.05) is 4.90 Å². The zero-order valence-corrected chi connectivity index (χ0v) is 11.8. The van der Waals surface area contributed by atoms with Gasteiger partial charge >= 0.3 is 0 Å². The minimum Gasteiger partial charge on any atom is -0.341 e. The van der Waals surface area contributed by atoms with E-state index in [0.29, 0.717) is 0 Å². The van der Waals surface area contributed by atoms with E-state index >= 15 is 0 Å². The first-order valence-electron chi connectivity index (χ1n) is 6.99. The van der Waals surface area contributed by atoms with Gasteiger partial charge in [0.1, 0.15) is 11.6 Å². The molecule has 3 nitrogen and oxygen atoms in total. The summed E-state index contributed by atoms with van der Waals surface area (Å²) in [5.74, 6) is -0.924. The highest BCUT2D eigenvalue weighted by Gasteiger charge is 2.25. The Morgan fingerprint density at radius 2 is 1.90 bits per heavy atom. The maximum atomic E-state index is 13.7. The van der Waals surface area contributed by atoms with E-state index in [2.05, 4.69) is 5.32 Å². The molecule has 1 saturated heterocycles. The zero-order chi connectivity index (χ0) is 14.7. The lowest BCUT2D eigenvalue weighted by Gasteiger charge is -2.24. The molecule has 1 N–H and O–H groups in total. The molecule has 0 saturated carbocycles. The van der Waals surface area contributed by atoms with Crippen LogP contribution in [0.5, 0.6) is 0 Å². The second-order valence-electron chi connectivity index (χ2n) is 5.31. The molecule has 110 valence electrons. The molecular formula is C15H20F2N2O. The average Bonchev–Trinajstić information content (AvgIpc) is 2.94. The first kappa shape index (κ1) is 14.9. The van der Waals surface area contributed by atoms with Gasteiger partial charge in [0.25, 0.3) is 0 Å². The van der Waals surface area contributed by atoms with Gasteiger partial charge in [0.15, 0.2) is 0 Å². The Labute approximate surface area is 118 Å². The molecule has 2 atom stereocenters. The van der Waals surface area contributed by atoms with Crippen molar-refractivity contribution < 1.29 is 13.6 Å². The van der Waals surface area contributed by atoms with Crippen molar-refractivity contribution in [3.05, 3.63) is 35.4 Å². The lowest BCUT2D eigenvalue weighted by atomic mass is 10.1. The average molecular weight is 282 g/mol. The standard InChI is InChI=1S/C15H20F2N2O/c1-10(13-9-12(16)5-6-14(13)17)18-11(2)15(20)19-7-3-4-8-19/h5-6,9-11,18H,3-4,7-8H2,1-2H3. The quantitative estimate of drug-likeness (QED) is 0.920. The highest BCUT2D eigenvalue weighted by atomic mass is 19.1. The third-order valence-electron chi connectivity index (χ3n) is 3.71. The summed E-state index contributed by atoms with van der Waals surface area (Å²) in [5, 5.41) is 3.04. The van der Waals surface area contributed by atoms with Gasteiger partial charge in [-0.1, -0.05) is 0 Å². The molecule has 0 aliphatic carbocycles. The number of hydrogen-bond donors (Lipinski definition) is 1. The van der Waals surface area contributed by atoms with Crippen LogP contribution in [0.2, 0.25) is 0 Å². The van der Waals surface area contributed by atoms with Gasteiger partial charge in [-0.25, -0.2) is 8.78 Å². The van der Waals surface area contributed by atoms with Crippen LogP contribution in [0, 0.1) is 11.6 Å². The Hall–Kier alpha value is -1.49. The summed E-state index contributed by atoms with van der Waals surface area (Å²) in [6, 6.07) is 2.53. The zero-order valence-electron chi connectivity index (χ0n) is 11.8. The fraction of sp³-hybridized carbons (Fsp3) is 0.533. The third kappa shape index (κ3) is 3.33. The van der Waals surface area contributed by atoms with Crippen LogP contribution in [0.1, 0.15) is 38.3 Å². The van der Waals surface area contributed by atoms with Gasteiger partial charge in [0, 0.05) is 24.7 Å². The first-order valence-corrected chi connectivity index (χ1v) is 6.99. The summed E-state index contributed by atoms with van der Waals surface area (Å²) >= 11 is 0. The lowest BCUT2D eigenvalue weighted by molar-refractivity contribution is -0.132. The molecule has 1 amide bonds. The molecule has 0 radical (unpaired) electrons. The van der Waals surface area contributed by atoms with Crippen molar-refractivity contribution in [2.75, 3.05) is 13.1 Å². The SMILES string of the molecule is CC(NC(C)c1cc(F)ccc1F)C(=O)N1CCCC1. The fourth-order valence-corrected chi connectivity index (χ4v) is 2.59. The van der Waals surface area contributed by atoms with Gasteiger partial charge in [0.05, 0.1) is 6.04 Å². The van der Waals surface area contributed by atoms with Crippen LogP contribution in [0.15, 0.2) is 18.2 Å². The Morgan fingerprint density at radius 3 is 2.55 bits per heavy atom. The maximum Gasteiger partial charge on any atom is 0.239 e. The topological polar surface area (TPSA) is 32.3 Å². The van der Waals surface area contributed by atoms with E-state index in [4.69, 9.17) is 0 Å². The number of rotatable bonds is 4. The van der Waals surface area contributed by atoms with Crippen LogP contribution < -0.4 is 5.32 Å². The Bertz CT molecular complexity index is 487. The molecule has 1 aliphatic heterocycles. The van der Waals surface area contributed by atoms with Crippen LogP contribution in [-0.4, -0.2) is 29.9 Å². The van der Waals surface area contributed by atoms with E-state index in [9.17, 15) is 13.6 Å². The number of carbonyl (C=O) groups is 1. The summed E-state index contributed by atoms with van der Waals surface area (Å²) in [6.45, 7) is 5.06. The number of likely N-dealkylation sites (tertiary alicyclic amines) is 1. The molecule has 2 rings (SSSR count). The van der Waals surface area contributed by atoms with Crippen molar-refractivity contribution in [1.29, 1.82) is 0 Å². The number of halogens is 2. The monoisotopic (exact) mass is 282 g/mol. The Balaban J connectivity index is 2.01. The van der Waals surface area contributed by atoms with E-state index in [1.54, 1.807) is 13.8 Å². The molecule has 2 unspecified atom stereocenters. The van der Waals surface area contributed by atoms with Crippen molar-refractivity contribution in [2.45, 2.75) is 38.8 Å². The van der Waals surface area contributed by atoms with Crippen molar-refractivity contribution >= 4 is 5.91 Å². The number of carbonyl (C=O) groups excluding carboxylic acids is 1. The number of hydrogen-bond acceptors (Lipinski definition) is 2. The van der Waals surface area contributed by atoms with Crippen molar-refractivity contribution in [3.63, 3.8) is 0 Å². The predicted molar refractivity (Wildman–Crippen MR) is 73.2 cm³/mol. The number of benzene rings is 1. The molecule has 20 heavy (non-hydrogen) atoms. The maximum absolute atomic E-state index is 13.7. The van der Waals surface area contributed by atoms with Gasteiger partial charge in [-0.05, 0) is 44.9 Å². The van der Waals surface area contributed by atoms with Gasteiger partial charge in [-0.15, -0.1) is 0 Å². The summed E-state index contributed by atoms with van der Waals surface area (Å²) < 4.78 is 26.9. The van der Waals surface area contributed by atoms with E-state index in [1.165, 1.54) is 6.07 Å². The second-order valence-corrected chi connectivity index (χ2v) is 5.31. The molecule has 0 bridgehead atoms. The summed E-state index contributed by atoms with van der Waals surface area (Å²) in [5.41, 5.74) is 0.242. The summed E-state index contributed by atoms with van der Waals surface area (Å²) in [7, 11) is 0. The van der Waals surface area contributed by atoms with Crippen molar-refractivity contribution in [1.82, 2.24) is 10.2 Å². The van der Waals surface area contributed by atoms with Gasteiger partial charge in [-0.3, -0.25) is 10.1 Å². The Kier molecular flexibility index (Phi) is 4.70. The molecule has 5 heteroatoms. The van der Waals surface area contributed by atoms with Gasteiger partial charge in [0.2, 0.25) is 5.91 Å². The normalized spacial score (nSPS) is 18.1. The van der Waals surface area contributed by atoms with Crippen LogP contribution >= 0.6 is 0 Å². The minimum absolute atomic E-state index is 0.0196. The molecule has 1 aromatic rings. The van der Waals surface area contributed by atoms with Crippen molar-refractivity contribution in [3.8, 4) is 0 Å². The molecule has 1 fully saturated rings.